The standard InChI is InChI=1S/C25H32N2O6S/c1-25(2,3)20-7-9-22(10-8-20)34(30,31)27-13-11-19(12-14-27)24(29)33-16-18-5-4-6-21(15-18)32-17-23(26)28/h4-10,15,19H,11-14,16-17H2,1-3H3,(H2,26,28). The number of primary amides is 1. The summed E-state index contributed by atoms with van der Waals surface area (Å²) in [5.74, 6) is -0.826. The number of carbonyl (C=O) groups excluding carboxylic acids is 2. The minimum absolute atomic E-state index is 0.0567. The van der Waals surface area contributed by atoms with Crippen LogP contribution in [0.25, 0.3) is 0 Å². The fourth-order valence-electron chi connectivity index (χ4n) is 3.76. The van der Waals surface area contributed by atoms with E-state index in [2.05, 4.69) is 20.8 Å². The van der Waals surface area contributed by atoms with Gasteiger partial charge in [-0.25, -0.2) is 8.42 Å². The maximum absolute atomic E-state index is 13.0. The number of nitrogens with zero attached hydrogens (tertiary/aromatic N) is 1. The Morgan fingerprint density at radius 3 is 2.29 bits per heavy atom. The Morgan fingerprint density at radius 2 is 1.71 bits per heavy atom. The summed E-state index contributed by atoms with van der Waals surface area (Å²) in [5.41, 5.74) is 6.80. The van der Waals surface area contributed by atoms with Crippen LogP contribution in [0.3, 0.4) is 0 Å². The van der Waals surface area contributed by atoms with E-state index in [1.807, 2.05) is 12.1 Å². The summed E-state index contributed by atoms with van der Waals surface area (Å²) >= 11 is 0. The zero-order chi connectivity index (χ0) is 24.9. The number of nitrogens with two attached hydrogens (primary N) is 1. The summed E-state index contributed by atoms with van der Waals surface area (Å²) in [5, 5.41) is 0. The number of hydrogen-bond acceptors (Lipinski definition) is 6. The summed E-state index contributed by atoms with van der Waals surface area (Å²) < 4.78 is 38.2. The van der Waals surface area contributed by atoms with Crippen LogP contribution in [0.1, 0.15) is 44.7 Å². The summed E-state index contributed by atoms with van der Waals surface area (Å²) in [7, 11) is -3.61. The third kappa shape index (κ3) is 6.57. The predicted molar refractivity (Wildman–Crippen MR) is 128 cm³/mol. The van der Waals surface area contributed by atoms with Crippen molar-refractivity contribution in [3.05, 3.63) is 59.7 Å². The van der Waals surface area contributed by atoms with Crippen molar-refractivity contribution in [1.82, 2.24) is 4.31 Å². The summed E-state index contributed by atoms with van der Waals surface area (Å²) in [6.07, 6.45) is 0.805. The largest absolute Gasteiger partial charge is 0.484 e. The van der Waals surface area contributed by atoms with Gasteiger partial charge in [-0.2, -0.15) is 4.31 Å². The number of ether oxygens (including phenoxy) is 2. The molecule has 0 atom stereocenters. The second-order valence-electron chi connectivity index (χ2n) is 9.46. The zero-order valence-electron chi connectivity index (χ0n) is 19.8. The molecule has 184 valence electrons. The maximum Gasteiger partial charge on any atom is 0.309 e. The topological polar surface area (TPSA) is 116 Å². The van der Waals surface area contributed by atoms with Crippen molar-refractivity contribution in [3.63, 3.8) is 0 Å². The fraction of sp³-hybridized carbons (Fsp3) is 0.440. The van der Waals surface area contributed by atoms with E-state index in [1.165, 1.54) is 4.31 Å². The third-order valence-corrected chi connectivity index (χ3v) is 7.72. The molecular weight excluding hydrogens is 456 g/mol. The molecule has 3 rings (SSSR count). The van der Waals surface area contributed by atoms with E-state index < -0.39 is 15.9 Å². The molecule has 0 aromatic heterocycles. The van der Waals surface area contributed by atoms with Crippen molar-refractivity contribution in [2.75, 3.05) is 19.7 Å². The van der Waals surface area contributed by atoms with Gasteiger partial charge in [-0.3, -0.25) is 9.59 Å². The highest BCUT2D eigenvalue weighted by Gasteiger charge is 2.33. The Balaban J connectivity index is 1.52. The molecule has 8 nitrogen and oxygen atoms in total. The predicted octanol–water partition coefficient (Wildman–Crippen LogP) is 2.99. The molecule has 0 saturated carbocycles. The molecule has 0 spiro atoms. The number of benzene rings is 2. The summed E-state index contributed by atoms with van der Waals surface area (Å²) in [6.45, 7) is 6.59. The SMILES string of the molecule is CC(C)(C)c1ccc(S(=O)(=O)N2CCC(C(=O)OCc3cccc(OCC(N)=O)c3)CC2)cc1. The lowest BCUT2D eigenvalue weighted by molar-refractivity contribution is -0.151. The first-order valence-electron chi connectivity index (χ1n) is 11.2. The number of rotatable bonds is 8. The molecule has 1 aliphatic heterocycles. The van der Waals surface area contributed by atoms with Gasteiger partial charge in [-0.05, 0) is 53.6 Å². The molecule has 0 bridgehead atoms. The van der Waals surface area contributed by atoms with E-state index in [1.54, 1.807) is 36.4 Å². The first-order valence-corrected chi connectivity index (χ1v) is 12.7. The Morgan fingerprint density at radius 1 is 1.06 bits per heavy atom. The molecule has 34 heavy (non-hydrogen) atoms. The fourth-order valence-corrected chi connectivity index (χ4v) is 5.23. The molecule has 9 heteroatoms. The van der Waals surface area contributed by atoms with E-state index in [0.29, 0.717) is 24.2 Å². The van der Waals surface area contributed by atoms with Gasteiger partial charge in [0.15, 0.2) is 6.61 Å². The van der Waals surface area contributed by atoms with Gasteiger partial charge in [0, 0.05) is 13.1 Å². The molecule has 1 fully saturated rings. The summed E-state index contributed by atoms with van der Waals surface area (Å²) in [6, 6.07) is 13.9. The van der Waals surface area contributed by atoms with E-state index in [-0.39, 0.29) is 48.5 Å². The van der Waals surface area contributed by atoms with Crippen LogP contribution in [0.2, 0.25) is 0 Å². The van der Waals surface area contributed by atoms with E-state index in [9.17, 15) is 18.0 Å². The molecule has 1 saturated heterocycles. The van der Waals surface area contributed by atoms with Crippen LogP contribution in [0.15, 0.2) is 53.4 Å². The first-order chi connectivity index (χ1) is 16.0. The van der Waals surface area contributed by atoms with Gasteiger partial charge in [0.05, 0.1) is 10.8 Å². The van der Waals surface area contributed by atoms with Gasteiger partial charge in [0.2, 0.25) is 10.0 Å². The van der Waals surface area contributed by atoms with Gasteiger partial charge in [-0.1, -0.05) is 45.0 Å². The number of carbonyl (C=O) groups is 2. The minimum atomic E-state index is -3.61. The second-order valence-corrected chi connectivity index (χ2v) is 11.4. The number of esters is 1. The van der Waals surface area contributed by atoms with Crippen LogP contribution in [-0.2, 0) is 36.4 Å². The maximum atomic E-state index is 13.0. The lowest BCUT2D eigenvalue weighted by atomic mass is 9.87. The monoisotopic (exact) mass is 488 g/mol. The molecular formula is C25H32N2O6S. The molecule has 1 heterocycles. The average Bonchev–Trinajstić information content (AvgIpc) is 2.81. The molecule has 0 unspecified atom stereocenters. The number of hydrogen-bond donors (Lipinski definition) is 1. The van der Waals surface area contributed by atoms with Crippen molar-refractivity contribution in [3.8, 4) is 5.75 Å². The highest BCUT2D eigenvalue weighted by Crippen LogP contribution is 2.28. The van der Waals surface area contributed by atoms with Crippen LogP contribution in [0.4, 0.5) is 0 Å². The van der Waals surface area contributed by atoms with Crippen molar-refractivity contribution >= 4 is 21.9 Å². The highest BCUT2D eigenvalue weighted by atomic mass is 32.2. The number of piperidine rings is 1. The van der Waals surface area contributed by atoms with Gasteiger partial charge in [0.25, 0.3) is 5.91 Å². The van der Waals surface area contributed by atoms with Crippen molar-refractivity contribution in [2.45, 2.75) is 50.5 Å². The van der Waals surface area contributed by atoms with Crippen LogP contribution < -0.4 is 10.5 Å². The minimum Gasteiger partial charge on any atom is -0.484 e. The van der Waals surface area contributed by atoms with Crippen molar-refractivity contribution in [1.29, 1.82) is 0 Å². The molecule has 1 amide bonds. The van der Waals surface area contributed by atoms with Crippen LogP contribution >= 0.6 is 0 Å². The third-order valence-electron chi connectivity index (χ3n) is 5.81. The molecule has 2 aromatic rings. The van der Waals surface area contributed by atoms with Crippen LogP contribution in [0.5, 0.6) is 5.75 Å². The number of sulfonamides is 1. The summed E-state index contributed by atoms with van der Waals surface area (Å²) in [4.78, 5) is 23.7. The second kappa shape index (κ2) is 10.6. The van der Waals surface area contributed by atoms with E-state index >= 15 is 0 Å². The molecule has 0 aliphatic carbocycles. The Bertz CT molecular complexity index is 1110. The lowest BCUT2D eigenvalue weighted by Gasteiger charge is -2.30. The smallest absolute Gasteiger partial charge is 0.309 e. The first kappa shape index (κ1) is 25.7. The molecule has 1 aliphatic rings. The quantitative estimate of drug-likeness (QED) is 0.571. The Hall–Kier alpha value is -2.91. The van der Waals surface area contributed by atoms with Gasteiger partial charge in [0.1, 0.15) is 12.4 Å². The van der Waals surface area contributed by atoms with Crippen molar-refractivity contribution < 1.29 is 27.5 Å². The van der Waals surface area contributed by atoms with Crippen LogP contribution in [0, 0.1) is 5.92 Å². The van der Waals surface area contributed by atoms with Gasteiger partial charge in [-0.15, -0.1) is 0 Å². The number of amides is 1. The van der Waals surface area contributed by atoms with E-state index in [4.69, 9.17) is 15.2 Å². The van der Waals surface area contributed by atoms with E-state index in [0.717, 1.165) is 5.56 Å². The normalized spacial score (nSPS) is 15.6. The zero-order valence-corrected chi connectivity index (χ0v) is 20.6. The molecule has 2 N–H and O–H groups in total. The van der Waals surface area contributed by atoms with Crippen molar-refractivity contribution in [2.24, 2.45) is 11.7 Å². The van der Waals surface area contributed by atoms with Gasteiger partial charge >= 0.3 is 5.97 Å². The Kier molecular flexibility index (Phi) is 7.99. The molecule has 0 radical (unpaired) electrons. The van der Waals surface area contributed by atoms with Gasteiger partial charge < -0.3 is 15.2 Å². The molecule has 2 aromatic carbocycles. The van der Waals surface area contributed by atoms with Crippen LogP contribution in [-0.4, -0.2) is 44.3 Å². The average molecular weight is 489 g/mol. The highest BCUT2D eigenvalue weighted by molar-refractivity contribution is 7.89. The Labute approximate surface area is 201 Å². The lowest BCUT2D eigenvalue weighted by Crippen LogP contribution is -2.40.